The van der Waals surface area contributed by atoms with Crippen LogP contribution >= 0.6 is 44.3 Å². The van der Waals surface area contributed by atoms with E-state index >= 15 is 0 Å². The predicted molar refractivity (Wildman–Crippen MR) is 67.5 cm³/mol. The summed E-state index contributed by atoms with van der Waals surface area (Å²) in [5.74, 6) is 0. The summed E-state index contributed by atoms with van der Waals surface area (Å²) < 4.78 is 19.6. The Balaban J connectivity index is 0.000000195. The van der Waals surface area contributed by atoms with Gasteiger partial charge in [-0.25, -0.2) is 0 Å². The van der Waals surface area contributed by atoms with Crippen molar-refractivity contribution in [2.45, 2.75) is 0 Å². The molecule has 15 heavy (non-hydrogen) atoms. The summed E-state index contributed by atoms with van der Waals surface area (Å²) in [5.41, 5.74) is 0. The summed E-state index contributed by atoms with van der Waals surface area (Å²) >= 11 is 7.50. The maximum atomic E-state index is 9.16. The normalized spacial score (nSPS) is 10.9. The number of halogens is 3. The van der Waals surface area contributed by atoms with Crippen molar-refractivity contribution in [2.75, 3.05) is 0 Å². The van der Waals surface area contributed by atoms with E-state index in [1.54, 1.807) is 11.3 Å². The molecule has 0 radical (unpaired) electrons. The Bertz CT molecular complexity index is 540. The Morgan fingerprint density at radius 3 is 2.33 bits per heavy atom. The Kier molecular flexibility index (Phi) is 4.67. The summed E-state index contributed by atoms with van der Waals surface area (Å²) in [6, 6.07) is 8.03. The molecule has 0 spiro atoms. The van der Waals surface area contributed by atoms with E-state index in [-0.39, 0.29) is 0 Å². The van der Waals surface area contributed by atoms with Gasteiger partial charge in [0.15, 0.2) is 0 Å². The van der Waals surface area contributed by atoms with Crippen molar-refractivity contribution < 1.29 is 8.42 Å². The van der Waals surface area contributed by atoms with E-state index < -0.39 is 8.26 Å². The first-order chi connectivity index (χ1) is 6.86. The van der Waals surface area contributed by atoms with E-state index in [2.05, 4.69) is 32.8 Å². The minimum atomic E-state index is -3.72. The number of benzene rings is 1. The van der Waals surface area contributed by atoms with Crippen molar-refractivity contribution in [2.24, 2.45) is 0 Å². The van der Waals surface area contributed by atoms with E-state index in [4.69, 9.17) is 20.0 Å². The fourth-order valence-electron chi connectivity index (χ4n) is 0.929. The largest absolute Gasteiger partial charge is 0.317 e. The standard InChI is InChI=1S/C8H5ClS.Cl2O2S/c9-7-2-1-6-3-4-10-8(6)5-7;1-5(2,3)4/h1-5H;. The van der Waals surface area contributed by atoms with Gasteiger partial charge >= 0.3 is 8.26 Å². The topological polar surface area (TPSA) is 34.1 Å². The van der Waals surface area contributed by atoms with Crippen LogP contribution < -0.4 is 0 Å². The van der Waals surface area contributed by atoms with Gasteiger partial charge in [-0.1, -0.05) is 17.7 Å². The third-order valence-electron chi connectivity index (χ3n) is 1.42. The second kappa shape index (κ2) is 5.37. The van der Waals surface area contributed by atoms with Gasteiger partial charge in [0.25, 0.3) is 0 Å². The third-order valence-corrected chi connectivity index (χ3v) is 2.53. The van der Waals surface area contributed by atoms with Crippen LogP contribution in [0.25, 0.3) is 10.1 Å². The van der Waals surface area contributed by atoms with Crippen molar-refractivity contribution in [1.29, 1.82) is 0 Å². The van der Waals surface area contributed by atoms with Crippen LogP contribution in [-0.4, -0.2) is 8.42 Å². The van der Waals surface area contributed by atoms with Gasteiger partial charge < -0.3 is 0 Å². The zero-order chi connectivity index (χ0) is 11.5. The lowest BCUT2D eigenvalue weighted by Crippen LogP contribution is -1.63. The van der Waals surface area contributed by atoms with Gasteiger partial charge in [0.05, 0.1) is 0 Å². The first kappa shape index (κ1) is 13.1. The lowest BCUT2D eigenvalue weighted by atomic mass is 10.3. The van der Waals surface area contributed by atoms with Crippen LogP contribution in [0.2, 0.25) is 5.02 Å². The maximum Gasteiger partial charge on any atom is 0.317 e. The monoisotopic (exact) mass is 302 g/mol. The number of hydrogen-bond donors (Lipinski definition) is 0. The smallest absolute Gasteiger partial charge is 0.195 e. The third kappa shape index (κ3) is 5.58. The van der Waals surface area contributed by atoms with Gasteiger partial charge in [-0.15, -0.1) is 11.3 Å². The van der Waals surface area contributed by atoms with Crippen molar-refractivity contribution in [1.82, 2.24) is 0 Å². The van der Waals surface area contributed by atoms with Gasteiger partial charge in [0.2, 0.25) is 0 Å². The Labute approximate surface area is 105 Å². The lowest BCUT2D eigenvalue weighted by Gasteiger charge is -1.88. The Morgan fingerprint density at radius 2 is 1.73 bits per heavy atom. The summed E-state index contributed by atoms with van der Waals surface area (Å²) in [4.78, 5) is 0. The molecule has 1 aromatic heterocycles. The number of fused-ring (bicyclic) bond motifs is 1. The molecular formula is C8H5Cl3O2S2. The molecule has 2 nitrogen and oxygen atoms in total. The van der Waals surface area contributed by atoms with Crippen LogP contribution in [0.4, 0.5) is 0 Å². The molecular weight excluding hydrogens is 299 g/mol. The van der Waals surface area contributed by atoms with E-state index in [0.29, 0.717) is 0 Å². The zero-order valence-electron chi connectivity index (χ0n) is 7.15. The van der Waals surface area contributed by atoms with E-state index in [1.165, 1.54) is 10.1 Å². The van der Waals surface area contributed by atoms with Crippen molar-refractivity contribution >= 4 is 62.7 Å². The highest BCUT2D eigenvalue weighted by molar-refractivity contribution is 8.31. The van der Waals surface area contributed by atoms with Crippen LogP contribution in [0.3, 0.4) is 0 Å². The Morgan fingerprint density at radius 1 is 1.13 bits per heavy atom. The molecule has 2 aromatic rings. The van der Waals surface area contributed by atoms with Crippen LogP contribution in [0, 0.1) is 0 Å². The van der Waals surface area contributed by atoms with Gasteiger partial charge in [0, 0.05) is 31.1 Å². The highest BCUT2D eigenvalue weighted by Gasteiger charge is 1.93. The molecule has 1 heterocycles. The number of thiophene rings is 1. The second-order valence-corrected chi connectivity index (χ2v) is 7.53. The van der Waals surface area contributed by atoms with Gasteiger partial charge in [-0.05, 0) is 29.0 Å². The first-order valence-corrected chi connectivity index (χ1v) is 8.02. The fourth-order valence-corrected chi connectivity index (χ4v) is 1.99. The molecule has 0 amide bonds. The summed E-state index contributed by atoms with van der Waals surface area (Å²) in [6.07, 6.45) is 0. The van der Waals surface area contributed by atoms with Gasteiger partial charge in [-0.3, -0.25) is 0 Å². The molecule has 0 unspecified atom stereocenters. The molecule has 0 saturated carbocycles. The minimum absolute atomic E-state index is 0.815. The van der Waals surface area contributed by atoms with Gasteiger partial charge in [-0.2, -0.15) is 8.42 Å². The van der Waals surface area contributed by atoms with Gasteiger partial charge in [0.1, 0.15) is 0 Å². The van der Waals surface area contributed by atoms with E-state index in [0.717, 1.165) is 5.02 Å². The molecule has 1 aromatic carbocycles. The molecule has 0 saturated heterocycles. The second-order valence-electron chi connectivity index (χ2n) is 2.48. The molecule has 0 aliphatic rings. The van der Waals surface area contributed by atoms with E-state index in [9.17, 15) is 0 Å². The molecule has 0 aliphatic carbocycles. The quantitative estimate of drug-likeness (QED) is 0.681. The number of hydrogen-bond acceptors (Lipinski definition) is 3. The highest BCUT2D eigenvalue weighted by Crippen LogP contribution is 2.23. The number of rotatable bonds is 0. The minimum Gasteiger partial charge on any atom is -0.195 e. The Hall–Kier alpha value is -0.000000000000000111. The average molecular weight is 304 g/mol. The predicted octanol–water partition coefficient (Wildman–Crippen LogP) is 4.26. The summed E-state index contributed by atoms with van der Waals surface area (Å²) in [5, 5.41) is 4.16. The van der Waals surface area contributed by atoms with Crippen LogP contribution in [0.15, 0.2) is 29.6 Å². The molecule has 0 fully saturated rings. The average Bonchev–Trinajstić information content (AvgIpc) is 2.47. The fraction of sp³-hybridized carbons (Fsp3) is 0. The molecule has 0 bridgehead atoms. The first-order valence-electron chi connectivity index (χ1n) is 3.63. The summed E-state index contributed by atoms with van der Waals surface area (Å²) in [7, 11) is 4.81. The highest BCUT2D eigenvalue weighted by atomic mass is 36.0. The molecule has 0 aliphatic heterocycles. The molecule has 0 atom stereocenters. The van der Waals surface area contributed by atoms with Crippen molar-refractivity contribution in [3.8, 4) is 0 Å². The molecule has 0 N–H and O–H groups in total. The maximum absolute atomic E-state index is 9.16. The molecule has 2 rings (SSSR count). The van der Waals surface area contributed by atoms with Crippen LogP contribution in [0.1, 0.15) is 0 Å². The lowest BCUT2D eigenvalue weighted by molar-refractivity contribution is 0.621. The van der Waals surface area contributed by atoms with Crippen molar-refractivity contribution in [3.05, 3.63) is 34.7 Å². The van der Waals surface area contributed by atoms with Crippen LogP contribution in [0.5, 0.6) is 0 Å². The molecule has 7 heteroatoms. The van der Waals surface area contributed by atoms with Crippen molar-refractivity contribution in [3.63, 3.8) is 0 Å². The zero-order valence-corrected chi connectivity index (χ0v) is 11.1. The summed E-state index contributed by atoms with van der Waals surface area (Å²) in [6.45, 7) is 0. The van der Waals surface area contributed by atoms with E-state index in [1.807, 2.05) is 18.2 Å². The molecule has 82 valence electrons. The SMILES string of the molecule is Clc1ccc2ccsc2c1.O=S(=O)(Cl)Cl. The van der Waals surface area contributed by atoms with Crippen LogP contribution in [-0.2, 0) is 8.26 Å².